The highest BCUT2D eigenvalue weighted by Gasteiger charge is 2.32. The third kappa shape index (κ3) is 11.3. The fourth-order valence-electron chi connectivity index (χ4n) is 2.70. The van der Waals surface area contributed by atoms with Gasteiger partial charge < -0.3 is 37.6 Å². The van der Waals surface area contributed by atoms with Crippen molar-refractivity contribution in [2.24, 2.45) is 23.3 Å². The summed E-state index contributed by atoms with van der Waals surface area (Å²) in [5.74, 6) is -6.27. The van der Waals surface area contributed by atoms with Gasteiger partial charge in [0, 0.05) is 12.8 Å². The highest BCUT2D eigenvalue weighted by atomic mass is 16.4. The van der Waals surface area contributed by atoms with Crippen LogP contribution in [0.2, 0.25) is 0 Å². The van der Waals surface area contributed by atoms with E-state index in [2.05, 4.69) is 16.0 Å². The molecule has 0 aromatic carbocycles. The fourth-order valence-corrected chi connectivity index (χ4v) is 2.70. The fraction of sp³-hybridized carbons (Fsp3) is 0.700. The van der Waals surface area contributed by atoms with Crippen LogP contribution >= 0.6 is 0 Å². The topological polar surface area (TPSA) is 231 Å². The Labute approximate surface area is 192 Å². The van der Waals surface area contributed by atoms with E-state index in [4.69, 9.17) is 16.6 Å². The Balaban J connectivity index is 5.53. The first-order chi connectivity index (χ1) is 15.2. The molecule has 0 aromatic heterocycles. The molecule has 4 unspecified atom stereocenters. The molecule has 0 saturated heterocycles. The predicted octanol–water partition coefficient (Wildman–Crippen LogP) is -1.70. The van der Waals surface area contributed by atoms with Crippen molar-refractivity contribution in [1.82, 2.24) is 16.0 Å². The van der Waals surface area contributed by atoms with Crippen LogP contribution in [-0.4, -0.2) is 69.9 Å². The van der Waals surface area contributed by atoms with Crippen LogP contribution in [0.1, 0.15) is 53.4 Å². The van der Waals surface area contributed by atoms with Crippen LogP contribution in [0.25, 0.3) is 0 Å². The first kappa shape index (κ1) is 29.8. The lowest BCUT2D eigenvalue weighted by Crippen LogP contribution is -2.59. The molecule has 33 heavy (non-hydrogen) atoms. The van der Waals surface area contributed by atoms with Gasteiger partial charge in [0.25, 0.3) is 0 Å². The number of aliphatic carboxylic acids is 2. The highest BCUT2D eigenvalue weighted by Crippen LogP contribution is 2.08. The number of carbonyl (C=O) groups is 6. The Morgan fingerprint density at radius 3 is 1.67 bits per heavy atom. The van der Waals surface area contributed by atoms with E-state index < -0.39 is 72.1 Å². The summed E-state index contributed by atoms with van der Waals surface area (Å²) in [4.78, 5) is 71.1. The molecule has 0 aromatic rings. The Hall–Kier alpha value is -3.22. The van der Waals surface area contributed by atoms with Crippen LogP contribution in [0, 0.1) is 11.8 Å². The van der Waals surface area contributed by atoms with E-state index in [-0.39, 0.29) is 25.2 Å². The summed E-state index contributed by atoms with van der Waals surface area (Å²) in [7, 11) is 0. The molecule has 13 nitrogen and oxygen atoms in total. The minimum Gasteiger partial charge on any atom is -0.481 e. The van der Waals surface area contributed by atoms with Crippen molar-refractivity contribution in [2.75, 3.05) is 0 Å². The summed E-state index contributed by atoms with van der Waals surface area (Å²) in [6.45, 7) is 6.80. The summed E-state index contributed by atoms with van der Waals surface area (Å²) in [5, 5.41) is 25.1. The van der Waals surface area contributed by atoms with E-state index in [0.29, 0.717) is 0 Å². The average molecular weight is 474 g/mol. The van der Waals surface area contributed by atoms with Crippen LogP contribution in [0.15, 0.2) is 0 Å². The quantitative estimate of drug-likeness (QED) is 0.143. The molecule has 0 heterocycles. The number of nitrogens with two attached hydrogens (primary N) is 2. The highest BCUT2D eigenvalue weighted by molar-refractivity contribution is 5.94. The molecule has 0 radical (unpaired) electrons. The summed E-state index contributed by atoms with van der Waals surface area (Å²) in [5.41, 5.74) is 10.9. The summed E-state index contributed by atoms with van der Waals surface area (Å²) < 4.78 is 0. The van der Waals surface area contributed by atoms with E-state index >= 15 is 0 Å². The van der Waals surface area contributed by atoms with Gasteiger partial charge in [0.05, 0.1) is 6.04 Å². The van der Waals surface area contributed by atoms with Crippen molar-refractivity contribution >= 4 is 35.6 Å². The van der Waals surface area contributed by atoms with Crippen LogP contribution in [0.3, 0.4) is 0 Å². The molecule has 0 rings (SSSR count). The maximum atomic E-state index is 12.8. The Kier molecular flexibility index (Phi) is 12.7. The van der Waals surface area contributed by atoms with Crippen LogP contribution in [0.5, 0.6) is 0 Å². The summed E-state index contributed by atoms with van der Waals surface area (Å²) in [6.07, 6.45) is -1.41. The van der Waals surface area contributed by atoms with Gasteiger partial charge in [-0.3, -0.25) is 24.0 Å². The van der Waals surface area contributed by atoms with Gasteiger partial charge in [-0.25, -0.2) is 4.79 Å². The second kappa shape index (κ2) is 14.0. The molecule has 0 saturated carbocycles. The summed E-state index contributed by atoms with van der Waals surface area (Å²) >= 11 is 0. The number of hydrogen-bond acceptors (Lipinski definition) is 7. The van der Waals surface area contributed by atoms with Crippen molar-refractivity contribution < 1.29 is 39.0 Å². The molecular weight excluding hydrogens is 438 g/mol. The maximum absolute atomic E-state index is 12.8. The second-order valence-corrected chi connectivity index (χ2v) is 8.40. The largest absolute Gasteiger partial charge is 0.481 e. The molecule has 4 amide bonds. The molecule has 188 valence electrons. The Morgan fingerprint density at radius 1 is 0.727 bits per heavy atom. The van der Waals surface area contributed by atoms with Crippen LogP contribution in [0.4, 0.5) is 0 Å². The van der Waals surface area contributed by atoms with Crippen LogP contribution in [-0.2, 0) is 28.8 Å². The van der Waals surface area contributed by atoms with Crippen molar-refractivity contribution in [3.05, 3.63) is 0 Å². The van der Waals surface area contributed by atoms with E-state index in [9.17, 15) is 33.9 Å². The Bertz CT molecular complexity index is 740. The second-order valence-electron chi connectivity index (χ2n) is 8.40. The van der Waals surface area contributed by atoms with Gasteiger partial charge in [-0.2, -0.15) is 0 Å². The van der Waals surface area contributed by atoms with E-state index in [1.54, 1.807) is 27.7 Å². The lowest BCUT2D eigenvalue weighted by atomic mass is 9.99. The molecule has 4 atom stereocenters. The number of carbonyl (C=O) groups excluding carboxylic acids is 4. The zero-order valence-electron chi connectivity index (χ0n) is 19.3. The van der Waals surface area contributed by atoms with Crippen LogP contribution < -0.4 is 27.4 Å². The van der Waals surface area contributed by atoms with Crippen molar-refractivity contribution in [2.45, 2.75) is 77.5 Å². The number of carboxylic acid groups (broad SMARTS) is 2. The molecule has 0 aliphatic carbocycles. The van der Waals surface area contributed by atoms with Gasteiger partial charge in [-0.05, 0) is 24.7 Å². The van der Waals surface area contributed by atoms with Gasteiger partial charge in [0.15, 0.2) is 0 Å². The molecule has 9 N–H and O–H groups in total. The molecule has 0 fully saturated rings. The third-order valence-corrected chi connectivity index (χ3v) is 4.84. The smallest absolute Gasteiger partial charge is 0.326 e. The normalized spacial score (nSPS) is 14.6. The minimum atomic E-state index is -1.52. The lowest BCUT2D eigenvalue weighted by Gasteiger charge is -2.27. The molecule has 0 aliphatic heterocycles. The van der Waals surface area contributed by atoms with Crippen molar-refractivity contribution in [1.29, 1.82) is 0 Å². The standard InChI is InChI=1S/C20H35N5O8/c1-9(2)15(22)18(30)25-16(10(3)4)19(31)23-11(5-7-13(21)26)17(29)24-12(20(32)33)6-8-14(27)28/h9-12,15-16H,5-8,22H2,1-4H3,(H2,21,26)(H,23,31)(H,24,29)(H,25,30)(H,27,28)(H,32,33). The Morgan fingerprint density at radius 2 is 1.24 bits per heavy atom. The maximum Gasteiger partial charge on any atom is 0.326 e. The van der Waals surface area contributed by atoms with E-state index in [0.717, 1.165) is 0 Å². The minimum absolute atomic E-state index is 0.186. The van der Waals surface area contributed by atoms with E-state index in [1.165, 1.54) is 0 Å². The van der Waals surface area contributed by atoms with Crippen molar-refractivity contribution in [3.8, 4) is 0 Å². The number of hydrogen-bond donors (Lipinski definition) is 7. The van der Waals surface area contributed by atoms with E-state index in [1.807, 2.05) is 0 Å². The van der Waals surface area contributed by atoms with Gasteiger partial charge in [-0.15, -0.1) is 0 Å². The molecular formula is C20H35N5O8. The zero-order valence-corrected chi connectivity index (χ0v) is 19.3. The number of amides is 4. The molecule has 13 heteroatoms. The number of nitrogens with one attached hydrogen (secondary N) is 3. The molecule has 0 spiro atoms. The predicted molar refractivity (Wildman–Crippen MR) is 116 cm³/mol. The van der Waals surface area contributed by atoms with Gasteiger partial charge in [0.2, 0.25) is 23.6 Å². The SMILES string of the molecule is CC(C)C(N)C(=O)NC(C(=O)NC(CCC(N)=O)C(=O)NC(CCC(=O)O)C(=O)O)C(C)C. The monoisotopic (exact) mass is 473 g/mol. The molecule has 0 aliphatic rings. The summed E-state index contributed by atoms with van der Waals surface area (Å²) in [6, 6.07) is -4.80. The average Bonchev–Trinajstić information content (AvgIpc) is 2.69. The van der Waals surface area contributed by atoms with Gasteiger partial charge in [-0.1, -0.05) is 27.7 Å². The first-order valence-corrected chi connectivity index (χ1v) is 10.6. The number of primary amides is 1. The zero-order chi connectivity index (χ0) is 25.9. The number of carboxylic acids is 2. The van der Waals surface area contributed by atoms with Crippen molar-refractivity contribution in [3.63, 3.8) is 0 Å². The van der Waals surface area contributed by atoms with Gasteiger partial charge >= 0.3 is 11.9 Å². The lowest BCUT2D eigenvalue weighted by molar-refractivity contribution is -0.143. The third-order valence-electron chi connectivity index (χ3n) is 4.84. The first-order valence-electron chi connectivity index (χ1n) is 10.6. The van der Waals surface area contributed by atoms with Gasteiger partial charge in [0.1, 0.15) is 18.1 Å². The number of rotatable bonds is 15. The molecule has 0 bridgehead atoms.